The SMILES string of the molecule is Cc1ccc(NC(=O)[C@H]2Cc3ccccc3O2)cc1F. The minimum absolute atomic E-state index is 0.260. The van der Waals surface area contributed by atoms with Gasteiger partial charge in [-0.2, -0.15) is 0 Å². The van der Waals surface area contributed by atoms with Crippen molar-refractivity contribution in [3.05, 3.63) is 59.4 Å². The number of amides is 1. The molecular formula is C16H14FNO2. The molecule has 2 aromatic rings. The van der Waals surface area contributed by atoms with Crippen molar-refractivity contribution in [2.45, 2.75) is 19.4 Å². The number of halogens is 1. The number of hydrogen-bond donors (Lipinski definition) is 1. The number of nitrogens with one attached hydrogen (secondary N) is 1. The molecule has 2 aromatic carbocycles. The fourth-order valence-electron chi connectivity index (χ4n) is 2.22. The summed E-state index contributed by atoms with van der Waals surface area (Å²) in [7, 11) is 0. The molecule has 1 N–H and O–H groups in total. The van der Waals surface area contributed by atoms with E-state index in [9.17, 15) is 9.18 Å². The molecule has 1 aliphatic rings. The Morgan fingerprint density at radius 2 is 2.10 bits per heavy atom. The lowest BCUT2D eigenvalue weighted by molar-refractivity contribution is -0.122. The Morgan fingerprint density at radius 3 is 2.85 bits per heavy atom. The molecule has 1 aliphatic heterocycles. The smallest absolute Gasteiger partial charge is 0.265 e. The Morgan fingerprint density at radius 1 is 1.30 bits per heavy atom. The zero-order valence-electron chi connectivity index (χ0n) is 11.0. The van der Waals surface area contributed by atoms with Crippen LogP contribution in [0.3, 0.4) is 0 Å². The van der Waals surface area contributed by atoms with Gasteiger partial charge in [0, 0.05) is 12.1 Å². The second-order valence-electron chi connectivity index (χ2n) is 4.87. The van der Waals surface area contributed by atoms with E-state index in [0.717, 1.165) is 11.3 Å². The Kier molecular flexibility index (Phi) is 3.14. The number of carbonyl (C=O) groups excluding carboxylic acids is 1. The largest absolute Gasteiger partial charge is 0.480 e. The normalized spacial score (nSPS) is 16.4. The van der Waals surface area contributed by atoms with Crippen LogP contribution >= 0.6 is 0 Å². The van der Waals surface area contributed by atoms with Gasteiger partial charge >= 0.3 is 0 Å². The zero-order chi connectivity index (χ0) is 14.1. The number of ether oxygens (including phenoxy) is 1. The van der Waals surface area contributed by atoms with Crippen LogP contribution in [0, 0.1) is 12.7 Å². The summed E-state index contributed by atoms with van der Waals surface area (Å²) in [6.07, 6.45) is -0.0205. The third-order valence-corrected chi connectivity index (χ3v) is 3.38. The Bertz CT molecular complexity index is 644. The summed E-state index contributed by atoms with van der Waals surface area (Å²) in [5, 5.41) is 2.68. The molecule has 3 nitrogen and oxygen atoms in total. The minimum atomic E-state index is -0.559. The van der Waals surface area contributed by atoms with E-state index in [1.165, 1.54) is 6.07 Å². The van der Waals surface area contributed by atoms with Crippen LogP contribution < -0.4 is 10.1 Å². The van der Waals surface area contributed by atoms with Crippen molar-refractivity contribution in [3.63, 3.8) is 0 Å². The summed E-state index contributed by atoms with van der Waals surface area (Å²) in [5.74, 6) is 0.144. The first kappa shape index (κ1) is 12.7. The highest BCUT2D eigenvalue weighted by atomic mass is 19.1. The Balaban J connectivity index is 1.71. The minimum Gasteiger partial charge on any atom is -0.480 e. The summed E-state index contributed by atoms with van der Waals surface area (Å²) in [5.41, 5.74) is 2.01. The lowest BCUT2D eigenvalue weighted by atomic mass is 10.1. The van der Waals surface area contributed by atoms with Crippen LogP contribution in [0.5, 0.6) is 5.75 Å². The van der Waals surface area contributed by atoms with Crippen LogP contribution in [0.25, 0.3) is 0 Å². The Hall–Kier alpha value is -2.36. The fraction of sp³-hybridized carbons (Fsp3) is 0.188. The summed E-state index contributed by atoms with van der Waals surface area (Å²) < 4.78 is 19.0. The highest BCUT2D eigenvalue weighted by Crippen LogP contribution is 2.28. The molecule has 0 saturated heterocycles. The summed E-state index contributed by atoms with van der Waals surface area (Å²) in [4.78, 5) is 12.1. The van der Waals surface area contributed by atoms with Gasteiger partial charge in [-0.1, -0.05) is 24.3 Å². The van der Waals surface area contributed by atoms with Gasteiger partial charge in [0.2, 0.25) is 0 Å². The van der Waals surface area contributed by atoms with Crippen molar-refractivity contribution in [1.82, 2.24) is 0 Å². The van der Waals surface area contributed by atoms with Crippen LogP contribution in [0.2, 0.25) is 0 Å². The van der Waals surface area contributed by atoms with Gasteiger partial charge in [-0.05, 0) is 36.2 Å². The highest BCUT2D eigenvalue weighted by molar-refractivity contribution is 5.95. The summed E-state index contributed by atoms with van der Waals surface area (Å²) in [6.45, 7) is 1.68. The third kappa shape index (κ3) is 2.37. The van der Waals surface area contributed by atoms with Crippen molar-refractivity contribution >= 4 is 11.6 Å². The fourth-order valence-corrected chi connectivity index (χ4v) is 2.22. The monoisotopic (exact) mass is 271 g/mol. The molecule has 20 heavy (non-hydrogen) atoms. The van der Waals surface area contributed by atoms with Crippen molar-refractivity contribution in [2.24, 2.45) is 0 Å². The number of aryl methyl sites for hydroxylation is 1. The van der Waals surface area contributed by atoms with Crippen LogP contribution in [0.1, 0.15) is 11.1 Å². The molecule has 1 amide bonds. The van der Waals surface area contributed by atoms with E-state index in [4.69, 9.17) is 4.74 Å². The average molecular weight is 271 g/mol. The molecule has 0 fully saturated rings. The van der Waals surface area contributed by atoms with Crippen molar-refractivity contribution < 1.29 is 13.9 Å². The maximum absolute atomic E-state index is 13.4. The molecule has 4 heteroatoms. The highest BCUT2D eigenvalue weighted by Gasteiger charge is 2.28. The molecule has 0 bridgehead atoms. The molecule has 0 saturated carbocycles. The van der Waals surface area contributed by atoms with E-state index >= 15 is 0 Å². The van der Waals surface area contributed by atoms with E-state index in [-0.39, 0.29) is 11.7 Å². The molecule has 0 aliphatic carbocycles. The van der Waals surface area contributed by atoms with Gasteiger partial charge in [0.25, 0.3) is 5.91 Å². The number of rotatable bonds is 2. The number of benzene rings is 2. The first-order valence-corrected chi connectivity index (χ1v) is 6.45. The average Bonchev–Trinajstić information content (AvgIpc) is 2.87. The molecule has 0 radical (unpaired) electrons. The maximum atomic E-state index is 13.4. The molecule has 0 spiro atoms. The predicted octanol–water partition coefficient (Wildman–Crippen LogP) is 3.08. The van der Waals surface area contributed by atoms with E-state index < -0.39 is 6.10 Å². The van der Waals surface area contributed by atoms with Gasteiger partial charge in [0.05, 0.1) is 0 Å². The topological polar surface area (TPSA) is 38.3 Å². The van der Waals surface area contributed by atoms with Gasteiger partial charge in [0.1, 0.15) is 11.6 Å². The van der Waals surface area contributed by atoms with E-state index in [0.29, 0.717) is 17.7 Å². The number of anilines is 1. The first-order valence-electron chi connectivity index (χ1n) is 6.45. The first-order chi connectivity index (χ1) is 9.63. The zero-order valence-corrected chi connectivity index (χ0v) is 11.0. The number of para-hydroxylation sites is 1. The van der Waals surface area contributed by atoms with Crippen LogP contribution in [-0.4, -0.2) is 12.0 Å². The lowest BCUT2D eigenvalue weighted by Crippen LogP contribution is -2.31. The molecule has 1 heterocycles. The standard InChI is InChI=1S/C16H14FNO2/c1-10-6-7-12(9-13(10)17)18-16(19)15-8-11-4-2-3-5-14(11)20-15/h2-7,9,15H,8H2,1H3,(H,18,19)/t15-/m1/s1. The number of fused-ring (bicyclic) bond motifs is 1. The van der Waals surface area contributed by atoms with Crippen LogP contribution in [0.15, 0.2) is 42.5 Å². The van der Waals surface area contributed by atoms with E-state index in [2.05, 4.69) is 5.32 Å². The molecule has 102 valence electrons. The Labute approximate surface area is 116 Å². The van der Waals surface area contributed by atoms with E-state index in [1.807, 2.05) is 24.3 Å². The second kappa shape index (κ2) is 4.96. The molecule has 1 atom stereocenters. The molecule has 3 rings (SSSR count). The van der Waals surface area contributed by atoms with Gasteiger partial charge in [-0.3, -0.25) is 4.79 Å². The molecule has 0 unspecified atom stereocenters. The second-order valence-corrected chi connectivity index (χ2v) is 4.87. The molecule has 0 aromatic heterocycles. The van der Waals surface area contributed by atoms with Gasteiger partial charge in [0.15, 0.2) is 6.10 Å². The van der Waals surface area contributed by atoms with Crippen molar-refractivity contribution in [1.29, 1.82) is 0 Å². The quantitative estimate of drug-likeness (QED) is 0.911. The van der Waals surface area contributed by atoms with Crippen molar-refractivity contribution in [2.75, 3.05) is 5.32 Å². The predicted molar refractivity (Wildman–Crippen MR) is 74.3 cm³/mol. The van der Waals surface area contributed by atoms with Crippen LogP contribution in [-0.2, 0) is 11.2 Å². The third-order valence-electron chi connectivity index (χ3n) is 3.38. The van der Waals surface area contributed by atoms with Crippen molar-refractivity contribution in [3.8, 4) is 5.75 Å². The number of hydrogen-bond acceptors (Lipinski definition) is 2. The van der Waals surface area contributed by atoms with Gasteiger partial charge in [-0.15, -0.1) is 0 Å². The van der Waals surface area contributed by atoms with E-state index in [1.54, 1.807) is 19.1 Å². The van der Waals surface area contributed by atoms with Crippen LogP contribution in [0.4, 0.5) is 10.1 Å². The molecular weight excluding hydrogens is 257 g/mol. The van der Waals surface area contributed by atoms with Gasteiger partial charge in [-0.25, -0.2) is 4.39 Å². The summed E-state index contributed by atoms with van der Waals surface area (Å²) >= 11 is 0. The maximum Gasteiger partial charge on any atom is 0.265 e. The lowest BCUT2D eigenvalue weighted by Gasteiger charge is -2.11. The van der Waals surface area contributed by atoms with Gasteiger partial charge < -0.3 is 10.1 Å². The number of carbonyl (C=O) groups is 1. The summed E-state index contributed by atoms with van der Waals surface area (Å²) in [6, 6.07) is 12.2.